The van der Waals surface area contributed by atoms with Crippen LogP contribution in [-0.2, 0) is 27.9 Å². The maximum atomic E-state index is 12.9. The van der Waals surface area contributed by atoms with Gasteiger partial charge in [0.25, 0.3) is 0 Å². The van der Waals surface area contributed by atoms with E-state index in [1.54, 1.807) is 0 Å². The Morgan fingerprint density at radius 3 is 1.32 bits per heavy atom. The molecule has 1 rings (SSSR count). The number of phosphoric acid groups is 1. The molecule has 0 saturated heterocycles. The molecule has 1 saturated carbocycles. The Morgan fingerprint density at radius 2 is 0.868 bits per heavy atom. The van der Waals surface area contributed by atoms with E-state index in [0.29, 0.717) is 13.0 Å². The van der Waals surface area contributed by atoms with Crippen LogP contribution in [0.4, 0.5) is 0 Å². The van der Waals surface area contributed by atoms with Crippen molar-refractivity contribution in [2.75, 3.05) is 19.8 Å². The minimum Gasteiger partial charge on any atom is -0.457 e. The molecule has 6 N–H and O–H groups in total. The van der Waals surface area contributed by atoms with Crippen molar-refractivity contribution >= 4 is 13.8 Å². The van der Waals surface area contributed by atoms with Gasteiger partial charge in [0.05, 0.1) is 13.2 Å². The van der Waals surface area contributed by atoms with Gasteiger partial charge in [0.15, 0.2) is 0 Å². The van der Waals surface area contributed by atoms with Crippen molar-refractivity contribution in [1.29, 1.82) is 0 Å². The van der Waals surface area contributed by atoms with Crippen molar-refractivity contribution in [3.05, 3.63) is 48.6 Å². The van der Waals surface area contributed by atoms with Crippen molar-refractivity contribution in [2.24, 2.45) is 0 Å². The lowest BCUT2D eigenvalue weighted by molar-refractivity contribution is -0.220. The Kier molecular flexibility index (Phi) is 42.7. The van der Waals surface area contributed by atoms with Gasteiger partial charge in [-0.2, -0.15) is 0 Å². The number of hydrogen-bond acceptors (Lipinski definition) is 11. The average Bonchev–Trinajstić information content (AvgIpc) is 3.32. The summed E-state index contributed by atoms with van der Waals surface area (Å²) in [5.74, 6) is -0.481. The maximum Gasteiger partial charge on any atom is 0.472 e. The van der Waals surface area contributed by atoms with Crippen molar-refractivity contribution in [3.63, 3.8) is 0 Å². The summed E-state index contributed by atoms with van der Waals surface area (Å²) < 4.78 is 34.3. The summed E-state index contributed by atoms with van der Waals surface area (Å²) in [5, 5.41) is 50.4. The first kappa shape index (κ1) is 64.3. The van der Waals surface area contributed by atoms with Gasteiger partial charge in [-0.3, -0.25) is 13.8 Å². The SMILES string of the molecule is CC/C=C\C/C=C\C/C=C\C/C=C\CCCCCCCOCC(COP(=O)(O)OC1C(O)C(O)C(O)C(O)C1O)OC(=O)CCCCCCCCCCCCCCCCCCCCCCCCC. The molecule has 0 bridgehead atoms. The summed E-state index contributed by atoms with van der Waals surface area (Å²) in [6, 6.07) is 0. The lowest BCUT2D eigenvalue weighted by Gasteiger charge is -2.41. The molecule has 0 heterocycles. The van der Waals surface area contributed by atoms with Gasteiger partial charge in [-0.1, -0.05) is 223 Å². The first-order chi connectivity index (χ1) is 33.0. The van der Waals surface area contributed by atoms with Crippen LogP contribution in [0.5, 0.6) is 0 Å². The van der Waals surface area contributed by atoms with Gasteiger partial charge >= 0.3 is 13.8 Å². The Bertz CT molecular complexity index is 1310. The summed E-state index contributed by atoms with van der Waals surface area (Å²) in [7, 11) is -5.03. The van der Waals surface area contributed by atoms with Crippen LogP contribution in [-0.4, -0.2) is 98.9 Å². The molecule has 0 amide bonds. The molecule has 6 unspecified atom stereocenters. The number of carbonyl (C=O) groups is 1. The van der Waals surface area contributed by atoms with E-state index in [1.807, 2.05) is 0 Å². The molecule has 0 spiro atoms. The molecule has 0 radical (unpaired) electrons. The number of aliphatic hydroxyl groups excluding tert-OH is 5. The molecule has 1 aliphatic rings. The lowest BCUT2D eigenvalue weighted by Crippen LogP contribution is -2.64. The van der Waals surface area contributed by atoms with Crippen LogP contribution in [0.2, 0.25) is 0 Å². The zero-order valence-corrected chi connectivity index (χ0v) is 43.8. The van der Waals surface area contributed by atoms with E-state index in [0.717, 1.165) is 83.5 Å². The Morgan fingerprint density at radius 1 is 0.485 bits per heavy atom. The number of carbonyl (C=O) groups excluding carboxylic acids is 1. The highest BCUT2D eigenvalue weighted by molar-refractivity contribution is 7.47. The molecule has 0 aromatic heterocycles. The fourth-order valence-corrected chi connectivity index (χ4v) is 9.38. The van der Waals surface area contributed by atoms with Crippen molar-refractivity contribution in [1.82, 2.24) is 0 Å². The van der Waals surface area contributed by atoms with E-state index in [9.17, 15) is 39.8 Å². The largest absolute Gasteiger partial charge is 0.472 e. The number of unbranched alkanes of at least 4 members (excludes halogenated alkanes) is 27. The highest BCUT2D eigenvalue weighted by Crippen LogP contribution is 2.47. The summed E-state index contributed by atoms with van der Waals surface area (Å²) >= 11 is 0. The van der Waals surface area contributed by atoms with Crippen LogP contribution in [0.15, 0.2) is 48.6 Å². The maximum absolute atomic E-state index is 12.9. The number of esters is 1. The number of rotatable bonds is 47. The van der Waals surface area contributed by atoms with Gasteiger partial charge in [-0.05, 0) is 51.4 Å². The van der Waals surface area contributed by atoms with Gasteiger partial charge in [-0.25, -0.2) is 4.57 Å². The molecule has 0 aromatic rings. The van der Waals surface area contributed by atoms with E-state index in [2.05, 4.69) is 62.5 Å². The van der Waals surface area contributed by atoms with E-state index in [-0.39, 0.29) is 13.0 Å². The molecule has 0 aliphatic heterocycles. The smallest absolute Gasteiger partial charge is 0.457 e. The number of aliphatic hydroxyl groups is 5. The fourth-order valence-electron chi connectivity index (χ4n) is 8.41. The van der Waals surface area contributed by atoms with Crippen molar-refractivity contribution < 1.29 is 58.3 Å². The molecule has 68 heavy (non-hydrogen) atoms. The minimum absolute atomic E-state index is 0.0880. The molecule has 13 heteroatoms. The third-order valence-corrected chi connectivity index (χ3v) is 13.7. The van der Waals surface area contributed by atoms with Gasteiger partial charge in [0, 0.05) is 13.0 Å². The number of ether oxygens (including phenoxy) is 2. The molecule has 6 atom stereocenters. The van der Waals surface area contributed by atoms with Crippen LogP contribution in [0.3, 0.4) is 0 Å². The standard InChI is InChI=1S/C55H101O12P/c1-3-5-7-9-11-13-15-17-19-21-23-24-25-26-27-28-30-32-34-36-38-40-42-44-49(56)66-48(47-65-68(62,63)67-55-53(60)51(58)50(57)52(59)54(55)61)46-64-45-43-41-39-37-35-33-31-29-22-20-18-16-14-12-10-8-6-4-2/h6,8,12,14,18,20,29,31,48,50-55,57-61H,3-5,7,9-11,13,15-17,19,21-28,30,32-47H2,1-2H3,(H,62,63)/b8-6-,14-12-,20-18-,31-29-. The van der Waals surface area contributed by atoms with Crippen LogP contribution in [0, 0.1) is 0 Å². The first-order valence-corrected chi connectivity index (χ1v) is 29.0. The predicted octanol–water partition coefficient (Wildman–Crippen LogP) is 12.8. The topological polar surface area (TPSA) is 192 Å². The van der Waals surface area contributed by atoms with E-state index < -0.39 is 63.1 Å². The van der Waals surface area contributed by atoms with E-state index in [1.165, 1.54) is 122 Å². The summed E-state index contributed by atoms with van der Waals surface area (Å²) in [5.41, 5.74) is 0. The van der Waals surface area contributed by atoms with Gasteiger partial charge in [-0.15, -0.1) is 0 Å². The second-order valence-corrected chi connectivity index (χ2v) is 20.5. The zero-order valence-electron chi connectivity index (χ0n) is 42.9. The lowest BCUT2D eigenvalue weighted by atomic mass is 9.85. The first-order valence-electron chi connectivity index (χ1n) is 27.5. The minimum atomic E-state index is -5.03. The molecule has 398 valence electrons. The average molecular weight is 985 g/mol. The number of phosphoric ester groups is 1. The van der Waals surface area contributed by atoms with Crippen LogP contribution < -0.4 is 0 Å². The highest BCUT2D eigenvalue weighted by atomic mass is 31.2. The monoisotopic (exact) mass is 985 g/mol. The van der Waals surface area contributed by atoms with Crippen molar-refractivity contribution in [2.45, 2.75) is 275 Å². The number of allylic oxidation sites excluding steroid dienone is 8. The summed E-state index contributed by atoms with van der Waals surface area (Å²) in [6.45, 7) is 4.14. The number of hydrogen-bond donors (Lipinski definition) is 6. The normalized spacial score (nSPS) is 21.5. The zero-order chi connectivity index (χ0) is 49.8. The Labute approximate surface area is 414 Å². The Balaban J connectivity index is 2.30. The van der Waals surface area contributed by atoms with Gasteiger partial charge in [0.1, 0.15) is 42.7 Å². The highest BCUT2D eigenvalue weighted by Gasteiger charge is 2.51. The van der Waals surface area contributed by atoms with Gasteiger partial charge in [0.2, 0.25) is 0 Å². The van der Waals surface area contributed by atoms with Crippen LogP contribution in [0.25, 0.3) is 0 Å². The second-order valence-electron chi connectivity index (χ2n) is 19.1. The predicted molar refractivity (Wildman–Crippen MR) is 276 cm³/mol. The third-order valence-electron chi connectivity index (χ3n) is 12.7. The molecular formula is C55H101O12P. The summed E-state index contributed by atoms with van der Waals surface area (Å²) in [4.78, 5) is 23.3. The Hall–Kier alpha value is -1.70. The fraction of sp³-hybridized carbons (Fsp3) is 0.836. The molecular weight excluding hydrogens is 884 g/mol. The van der Waals surface area contributed by atoms with E-state index in [4.69, 9.17) is 18.5 Å². The van der Waals surface area contributed by atoms with Crippen LogP contribution >= 0.6 is 7.82 Å². The molecule has 1 aliphatic carbocycles. The van der Waals surface area contributed by atoms with Crippen LogP contribution in [0.1, 0.15) is 232 Å². The second kappa shape index (κ2) is 45.2. The molecule has 0 aromatic carbocycles. The van der Waals surface area contributed by atoms with Gasteiger partial charge < -0.3 is 39.9 Å². The van der Waals surface area contributed by atoms with E-state index >= 15 is 0 Å². The molecule has 12 nitrogen and oxygen atoms in total. The molecule has 1 fully saturated rings. The third kappa shape index (κ3) is 36.3. The summed E-state index contributed by atoms with van der Waals surface area (Å²) in [6.07, 6.45) is 44.7. The quantitative estimate of drug-likeness (QED) is 0.0147. The van der Waals surface area contributed by atoms with Crippen molar-refractivity contribution in [3.8, 4) is 0 Å².